The zero-order chi connectivity index (χ0) is 22.3. The van der Waals surface area contributed by atoms with Crippen molar-refractivity contribution in [2.45, 2.75) is 45.9 Å². The number of hydrogen-bond acceptors (Lipinski definition) is 7. The summed E-state index contributed by atoms with van der Waals surface area (Å²) in [6.07, 6.45) is 0.709. The van der Waals surface area contributed by atoms with Crippen molar-refractivity contribution in [2.24, 2.45) is 5.41 Å². The Kier molecular flexibility index (Phi) is 5.80. The van der Waals surface area contributed by atoms with Gasteiger partial charge in [-0.15, -0.1) is 22.7 Å². The fourth-order valence-corrected chi connectivity index (χ4v) is 5.22. The summed E-state index contributed by atoms with van der Waals surface area (Å²) in [4.78, 5) is 22.9. The highest BCUT2D eigenvalue weighted by Gasteiger charge is 2.40. The lowest BCUT2D eigenvalue weighted by atomic mass is 9.67. The van der Waals surface area contributed by atoms with Crippen molar-refractivity contribution >= 4 is 39.4 Å². The molecule has 0 spiro atoms. The minimum atomic E-state index is -1.24. The number of pyridine rings is 1. The van der Waals surface area contributed by atoms with Crippen molar-refractivity contribution in [1.29, 1.82) is 0 Å². The summed E-state index contributed by atoms with van der Waals surface area (Å²) in [6.45, 7) is 5.96. The average molecular weight is 465 g/mol. The Hall–Kier alpha value is -2.43. The number of thiazole rings is 1. The zero-order valence-electron chi connectivity index (χ0n) is 17.2. The number of carbonyl (C=O) groups is 1. The van der Waals surface area contributed by atoms with Gasteiger partial charge in [0.15, 0.2) is 11.4 Å². The average Bonchev–Trinajstić information content (AvgIpc) is 3.35. The number of halogens is 2. The molecule has 0 radical (unpaired) electrons. The van der Waals surface area contributed by atoms with Gasteiger partial charge in [-0.3, -0.25) is 9.69 Å². The van der Waals surface area contributed by atoms with Gasteiger partial charge in [0.25, 0.3) is 5.91 Å². The van der Waals surface area contributed by atoms with Crippen LogP contribution in [0.15, 0.2) is 29.6 Å². The molecular weight excluding hydrogens is 442 g/mol. The van der Waals surface area contributed by atoms with Crippen molar-refractivity contribution in [2.75, 3.05) is 4.90 Å². The van der Waals surface area contributed by atoms with Gasteiger partial charge in [-0.1, -0.05) is 19.9 Å². The van der Waals surface area contributed by atoms with Gasteiger partial charge in [0, 0.05) is 23.1 Å². The maximum absolute atomic E-state index is 13.8. The molecule has 164 valence electrons. The molecule has 31 heavy (non-hydrogen) atoms. The third kappa shape index (κ3) is 4.32. The van der Waals surface area contributed by atoms with Crippen molar-refractivity contribution < 1.29 is 18.7 Å². The largest absolute Gasteiger partial charge is 0.368 e. The fraction of sp³-hybridized carbons (Fsp3) is 0.381. The maximum Gasteiger partial charge on any atom is 0.271 e. The number of aliphatic hydroxyl groups is 1. The molecule has 0 aliphatic heterocycles. The Balaban J connectivity index is 1.70. The van der Waals surface area contributed by atoms with Crippen molar-refractivity contribution in [3.8, 4) is 0 Å². The standard InChI is InChI=1S/C21H22F2N4O2S2/c1-11-17(18(28)24-14-6-7-21(14,2)3)26-20(31-11)27(19(29)13-5-4-8-30-13)12-9-15(22)25-16(23)10-12/h4-5,8-10,14,19,29H,6-7H2,1-3H3,(H,24,28). The second-order valence-electron chi connectivity index (χ2n) is 8.18. The minimum absolute atomic E-state index is 0.0376. The second-order valence-corrected chi connectivity index (χ2v) is 10.3. The summed E-state index contributed by atoms with van der Waals surface area (Å²) in [7, 11) is 0. The summed E-state index contributed by atoms with van der Waals surface area (Å²) in [6, 6.07) is 5.59. The van der Waals surface area contributed by atoms with Gasteiger partial charge in [0.1, 0.15) is 5.69 Å². The van der Waals surface area contributed by atoms with Crippen molar-refractivity contribution in [1.82, 2.24) is 15.3 Å². The molecule has 3 aromatic heterocycles. The number of nitrogens with zero attached hydrogens (tertiary/aromatic N) is 3. The zero-order valence-corrected chi connectivity index (χ0v) is 18.9. The summed E-state index contributed by atoms with van der Waals surface area (Å²) in [5, 5.41) is 16.1. The summed E-state index contributed by atoms with van der Waals surface area (Å²) < 4.78 is 27.7. The van der Waals surface area contributed by atoms with E-state index in [1.54, 1.807) is 24.4 Å². The van der Waals surface area contributed by atoms with Crippen LogP contribution >= 0.6 is 22.7 Å². The third-order valence-corrected chi connectivity index (χ3v) is 7.48. The summed E-state index contributed by atoms with van der Waals surface area (Å²) in [5.74, 6) is -2.33. The highest BCUT2D eigenvalue weighted by molar-refractivity contribution is 7.16. The Labute approximate surface area is 186 Å². The number of aryl methyl sites for hydroxylation is 1. The Morgan fingerprint density at radius 3 is 2.58 bits per heavy atom. The van der Waals surface area contributed by atoms with Crippen LogP contribution in [0.25, 0.3) is 0 Å². The summed E-state index contributed by atoms with van der Waals surface area (Å²) in [5.41, 5.74) is 0.323. The van der Waals surface area contributed by atoms with E-state index in [1.807, 2.05) is 0 Å². The van der Waals surface area contributed by atoms with Gasteiger partial charge in [-0.2, -0.15) is 13.8 Å². The quantitative estimate of drug-likeness (QED) is 0.399. The molecule has 4 rings (SSSR count). The van der Waals surface area contributed by atoms with Crippen LogP contribution in [0.5, 0.6) is 0 Å². The van der Waals surface area contributed by atoms with E-state index < -0.39 is 18.1 Å². The highest BCUT2D eigenvalue weighted by atomic mass is 32.1. The lowest BCUT2D eigenvalue weighted by Gasteiger charge is -2.44. The number of aromatic nitrogens is 2. The van der Waals surface area contributed by atoms with Gasteiger partial charge >= 0.3 is 0 Å². The molecule has 2 atom stereocenters. The molecule has 0 saturated heterocycles. The number of thiophene rings is 1. The van der Waals surface area contributed by atoms with Crippen LogP contribution in [0.2, 0.25) is 0 Å². The number of nitrogens with one attached hydrogen (secondary N) is 1. The molecule has 1 amide bonds. The smallest absolute Gasteiger partial charge is 0.271 e. The van der Waals surface area contributed by atoms with Crippen LogP contribution < -0.4 is 10.2 Å². The number of aliphatic hydroxyl groups excluding tert-OH is 1. The molecule has 1 aliphatic carbocycles. The lowest BCUT2D eigenvalue weighted by molar-refractivity contribution is 0.0728. The van der Waals surface area contributed by atoms with E-state index in [2.05, 4.69) is 29.1 Å². The van der Waals surface area contributed by atoms with E-state index in [4.69, 9.17) is 0 Å². The van der Waals surface area contributed by atoms with Crippen LogP contribution in [0.3, 0.4) is 0 Å². The highest BCUT2D eigenvalue weighted by Crippen LogP contribution is 2.41. The first-order chi connectivity index (χ1) is 14.7. The van der Waals surface area contributed by atoms with E-state index in [1.165, 1.54) is 27.6 Å². The maximum atomic E-state index is 13.8. The van der Waals surface area contributed by atoms with Gasteiger partial charge in [0.2, 0.25) is 11.9 Å². The molecule has 0 aromatic carbocycles. The van der Waals surface area contributed by atoms with Crippen LogP contribution in [-0.4, -0.2) is 27.0 Å². The Bertz CT molecular complexity index is 1080. The van der Waals surface area contributed by atoms with Crippen molar-refractivity contribution in [3.63, 3.8) is 0 Å². The molecule has 1 fully saturated rings. The topological polar surface area (TPSA) is 78.3 Å². The Morgan fingerprint density at radius 1 is 1.32 bits per heavy atom. The van der Waals surface area contributed by atoms with E-state index in [0.717, 1.165) is 25.0 Å². The normalized spacial score (nSPS) is 18.3. The molecule has 3 aromatic rings. The third-order valence-electron chi connectivity index (χ3n) is 5.60. The van der Waals surface area contributed by atoms with Gasteiger partial charge in [-0.05, 0) is 36.6 Å². The number of rotatable bonds is 6. The van der Waals surface area contributed by atoms with Crippen LogP contribution in [-0.2, 0) is 0 Å². The predicted octanol–water partition coefficient (Wildman–Crippen LogP) is 4.93. The van der Waals surface area contributed by atoms with E-state index >= 15 is 0 Å². The first kappa shape index (κ1) is 21.8. The molecule has 3 heterocycles. The molecular formula is C21H22F2N4O2S2. The molecule has 2 N–H and O–H groups in total. The van der Waals surface area contributed by atoms with E-state index in [-0.39, 0.29) is 33.9 Å². The van der Waals surface area contributed by atoms with Crippen LogP contribution in [0, 0.1) is 24.2 Å². The predicted molar refractivity (Wildman–Crippen MR) is 117 cm³/mol. The second kappa shape index (κ2) is 8.25. The van der Waals surface area contributed by atoms with Gasteiger partial charge in [0.05, 0.1) is 10.6 Å². The number of amides is 1. The van der Waals surface area contributed by atoms with E-state index in [0.29, 0.717) is 9.75 Å². The molecule has 0 bridgehead atoms. The lowest BCUT2D eigenvalue weighted by Crippen LogP contribution is -2.52. The molecule has 1 saturated carbocycles. The van der Waals surface area contributed by atoms with Crippen LogP contribution in [0.4, 0.5) is 19.6 Å². The van der Waals surface area contributed by atoms with Gasteiger partial charge in [-0.25, -0.2) is 4.98 Å². The first-order valence-electron chi connectivity index (χ1n) is 9.78. The molecule has 2 unspecified atom stereocenters. The SMILES string of the molecule is Cc1sc(N(c2cc(F)nc(F)c2)C(O)c2cccs2)nc1C(=O)NC1CCC1(C)C. The number of anilines is 2. The number of carbonyl (C=O) groups excluding carboxylic acids is 1. The number of hydrogen-bond donors (Lipinski definition) is 2. The van der Waals surface area contributed by atoms with E-state index in [9.17, 15) is 18.7 Å². The molecule has 10 heteroatoms. The first-order valence-corrected chi connectivity index (χ1v) is 11.5. The fourth-order valence-electron chi connectivity index (χ4n) is 3.57. The van der Waals surface area contributed by atoms with Gasteiger partial charge < -0.3 is 10.4 Å². The van der Waals surface area contributed by atoms with Crippen molar-refractivity contribution in [3.05, 3.63) is 57.0 Å². The minimum Gasteiger partial charge on any atom is -0.368 e. The molecule has 6 nitrogen and oxygen atoms in total. The monoisotopic (exact) mass is 464 g/mol. The molecule has 1 aliphatic rings. The Morgan fingerprint density at radius 2 is 2.03 bits per heavy atom. The van der Waals surface area contributed by atoms with Crippen LogP contribution in [0.1, 0.15) is 53.2 Å². The summed E-state index contributed by atoms with van der Waals surface area (Å²) >= 11 is 2.46.